The Balaban J connectivity index is 1.30. The highest BCUT2D eigenvalue weighted by Gasteiger charge is 2.57. The first kappa shape index (κ1) is 17.2. The summed E-state index contributed by atoms with van der Waals surface area (Å²) >= 11 is 0. The van der Waals surface area contributed by atoms with E-state index in [9.17, 15) is 9.59 Å². The van der Waals surface area contributed by atoms with E-state index in [4.69, 9.17) is 4.74 Å². The SMILES string of the molecule is O=C1N[C@@]2(C[C@H]3CC[C@@H]2C[C@@H]3C(=O)NCc2cccnc2)Oc2ccccc21. The van der Waals surface area contributed by atoms with Crippen molar-refractivity contribution in [2.45, 2.75) is 38.0 Å². The molecule has 6 heteroatoms. The van der Waals surface area contributed by atoms with E-state index >= 15 is 0 Å². The number of rotatable bonds is 3. The molecular weight excluding hydrogens is 354 g/mol. The van der Waals surface area contributed by atoms with Gasteiger partial charge in [-0.15, -0.1) is 0 Å². The number of carbonyl (C=O) groups is 2. The van der Waals surface area contributed by atoms with Crippen LogP contribution >= 0.6 is 0 Å². The molecule has 0 saturated heterocycles. The monoisotopic (exact) mass is 377 g/mol. The van der Waals surface area contributed by atoms with Crippen molar-refractivity contribution in [3.8, 4) is 5.75 Å². The summed E-state index contributed by atoms with van der Waals surface area (Å²) in [5, 5.41) is 6.20. The van der Waals surface area contributed by atoms with Gasteiger partial charge in [-0.2, -0.15) is 0 Å². The number of carbonyl (C=O) groups excluding carboxylic acids is 2. The van der Waals surface area contributed by atoms with Crippen LogP contribution in [0.2, 0.25) is 0 Å². The van der Waals surface area contributed by atoms with Gasteiger partial charge in [0.25, 0.3) is 5.91 Å². The Labute approximate surface area is 163 Å². The lowest BCUT2D eigenvalue weighted by Gasteiger charge is -2.55. The Morgan fingerprint density at radius 1 is 1.25 bits per heavy atom. The van der Waals surface area contributed by atoms with Crippen molar-refractivity contribution < 1.29 is 14.3 Å². The van der Waals surface area contributed by atoms with E-state index < -0.39 is 5.72 Å². The molecule has 0 radical (unpaired) electrons. The van der Waals surface area contributed by atoms with Crippen molar-refractivity contribution >= 4 is 11.8 Å². The second-order valence-corrected chi connectivity index (χ2v) is 8.10. The number of pyridine rings is 1. The Kier molecular flexibility index (Phi) is 4.07. The van der Waals surface area contributed by atoms with Gasteiger partial charge in [-0.1, -0.05) is 18.2 Å². The fourth-order valence-electron chi connectivity index (χ4n) is 5.10. The molecule has 1 aromatic carbocycles. The van der Waals surface area contributed by atoms with Gasteiger partial charge < -0.3 is 15.4 Å². The predicted octanol–water partition coefficient (Wildman–Crippen LogP) is 2.65. The molecule has 2 amide bonds. The van der Waals surface area contributed by atoms with Gasteiger partial charge in [0.15, 0.2) is 5.72 Å². The molecule has 1 spiro atoms. The number of amides is 2. The van der Waals surface area contributed by atoms with Gasteiger partial charge in [-0.3, -0.25) is 14.6 Å². The van der Waals surface area contributed by atoms with Crippen LogP contribution in [0.1, 0.15) is 41.6 Å². The summed E-state index contributed by atoms with van der Waals surface area (Å²) in [5.74, 6) is 0.992. The number of hydrogen-bond donors (Lipinski definition) is 2. The molecule has 4 aliphatic rings. The van der Waals surface area contributed by atoms with Crippen LogP contribution in [0, 0.1) is 17.8 Å². The summed E-state index contributed by atoms with van der Waals surface area (Å²) in [6.45, 7) is 0.492. The van der Waals surface area contributed by atoms with Crippen molar-refractivity contribution in [2.75, 3.05) is 0 Å². The lowest BCUT2D eigenvalue weighted by molar-refractivity contribution is -0.146. The Hall–Kier alpha value is -2.89. The van der Waals surface area contributed by atoms with Crippen LogP contribution in [0.25, 0.3) is 0 Å². The zero-order valence-electron chi connectivity index (χ0n) is 15.6. The molecule has 2 heterocycles. The van der Waals surface area contributed by atoms with Crippen LogP contribution in [0.4, 0.5) is 0 Å². The zero-order chi connectivity index (χ0) is 19.1. The van der Waals surface area contributed by atoms with Crippen LogP contribution in [-0.2, 0) is 11.3 Å². The normalized spacial score (nSPS) is 30.3. The number of hydrogen-bond acceptors (Lipinski definition) is 4. The van der Waals surface area contributed by atoms with E-state index in [2.05, 4.69) is 15.6 Å². The van der Waals surface area contributed by atoms with Crippen molar-refractivity contribution in [1.29, 1.82) is 0 Å². The average Bonchev–Trinajstić information content (AvgIpc) is 2.73. The van der Waals surface area contributed by atoms with Gasteiger partial charge in [-0.25, -0.2) is 0 Å². The van der Waals surface area contributed by atoms with Crippen molar-refractivity contribution in [3.05, 3.63) is 59.9 Å². The molecule has 144 valence electrons. The lowest BCUT2D eigenvalue weighted by atomic mass is 9.60. The van der Waals surface area contributed by atoms with Gasteiger partial charge in [0.2, 0.25) is 5.91 Å². The number of para-hydroxylation sites is 1. The first-order valence-corrected chi connectivity index (χ1v) is 9.92. The second kappa shape index (κ2) is 6.62. The van der Waals surface area contributed by atoms with Crippen molar-refractivity contribution in [3.63, 3.8) is 0 Å². The molecule has 6 nitrogen and oxygen atoms in total. The van der Waals surface area contributed by atoms with Crippen LogP contribution < -0.4 is 15.4 Å². The second-order valence-electron chi connectivity index (χ2n) is 8.10. The Bertz CT molecular complexity index is 916. The minimum atomic E-state index is -0.672. The van der Waals surface area contributed by atoms with E-state index in [0.29, 0.717) is 24.3 Å². The summed E-state index contributed by atoms with van der Waals surface area (Å²) in [7, 11) is 0. The molecule has 3 saturated carbocycles. The quantitative estimate of drug-likeness (QED) is 0.862. The molecule has 1 aliphatic heterocycles. The summed E-state index contributed by atoms with van der Waals surface area (Å²) in [6.07, 6.45) is 6.89. The smallest absolute Gasteiger partial charge is 0.258 e. The molecule has 3 aliphatic carbocycles. The topological polar surface area (TPSA) is 80.3 Å². The molecule has 28 heavy (non-hydrogen) atoms. The maximum atomic E-state index is 12.8. The molecule has 0 unspecified atom stereocenters. The summed E-state index contributed by atoms with van der Waals surface area (Å²) in [4.78, 5) is 29.6. The number of fused-ring (bicyclic) bond motifs is 3. The molecule has 1 aromatic heterocycles. The molecular formula is C22H23N3O3. The highest BCUT2D eigenvalue weighted by molar-refractivity contribution is 5.98. The fourth-order valence-corrected chi connectivity index (χ4v) is 5.10. The number of ether oxygens (including phenoxy) is 1. The van der Waals surface area contributed by atoms with Gasteiger partial charge in [0.05, 0.1) is 5.56 Å². The maximum Gasteiger partial charge on any atom is 0.258 e. The van der Waals surface area contributed by atoms with Crippen LogP contribution in [0.3, 0.4) is 0 Å². The molecule has 6 rings (SSSR count). The number of nitrogens with zero attached hydrogens (tertiary/aromatic N) is 1. The summed E-state index contributed by atoms with van der Waals surface area (Å²) < 4.78 is 6.35. The van der Waals surface area contributed by atoms with Crippen LogP contribution in [0.5, 0.6) is 5.75 Å². The van der Waals surface area contributed by atoms with Crippen molar-refractivity contribution in [2.24, 2.45) is 17.8 Å². The van der Waals surface area contributed by atoms with Crippen LogP contribution in [-0.4, -0.2) is 22.5 Å². The molecule has 4 atom stereocenters. The van der Waals surface area contributed by atoms with E-state index in [-0.39, 0.29) is 29.6 Å². The van der Waals surface area contributed by atoms with Gasteiger partial charge in [-0.05, 0) is 48.9 Å². The highest BCUT2D eigenvalue weighted by atomic mass is 16.5. The fraction of sp³-hybridized carbons (Fsp3) is 0.409. The summed E-state index contributed by atoms with van der Waals surface area (Å²) in [5.41, 5.74) is 0.905. The van der Waals surface area contributed by atoms with E-state index in [1.165, 1.54) is 0 Å². The third-order valence-corrected chi connectivity index (χ3v) is 6.49. The van der Waals surface area contributed by atoms with E-state index in [1.807, 2.05) is 30.3 Å². The average molecular weight is 377 g/mol. The van der Waals surface area contributed by atoms with E-state index in [1.54, 1.807) is 18.5 Å². The minimum absolute atomic E-state index is 0.0290. The molecule has 3 fully saturated rings. The Morgan fingerprint density at radius 3 is 2.93 bits per heavy atom. The molecule has 2 bridgehead atoms. The van der Waals surface area contributed by atoms with Gasteiger partial charge >= 0.3 is 0 Å². The first-order valence-electron chi connectivity index (χ1n) is 9.92. The molecule has 2 aromatic rings. The first-order chi connectivity index (χ1) is 13.6. The third kappa shape index (κ3) is 2.84. The molecule has 2 N–H and O–H groups in total. The number of benzene rings is 1. The largest absolute Gasteiger partial charge is 0.467 e. The lowest BCUT2D eigenvalue weighted by Crippen LogP contribution is -2.66. The Morgan fingerprint density at radius 2 is 2.14 bits per heavy atom. The summed E-state index contributed by atoms with van der Waals surface area (Å²) in [6, 6.07) is 11.2. The number of nitrogens with one attached hydrogen (secondary N) is 2. The minimum Gasteiger partial charge on any atom is -0.467 e. The standard InChI is InChI=1S/C22H23N3O3/c26-20(24-13-14-4-3-9-23-12-14)18-10-16-8-7-15(18)11-22(16)25-21(27)17-5-1-2-6-19(17)28-22/h1-6,9,12,15-16,18H,7-8,10-11,13H2,(H,24,26)(H,25,27)/t15-,16-,18+,22+/m1/s1. The van der Waals surface area contributed by atoms with Gasteiger partial charge in [0.1, 0.15) is 5.75 Å². The van der Waals surface area contributed by atoms with Crippen molar-refractivity contribution in [1.82, 2.24) is 15.6 Å². The maximum absolute atomic E-state index is 12.8. The zero-order valence-corrected chi connectivity index (χ0v) is 15.6. The predicted molar refractivity (Wildman–Crippen MR) is 102 cm³/mol. The third-order valence-electron chi connectivity index (χ3n) is 6.49. The van der Waals surface area contributed by atoms with E-state index in [0.717, 1.165) is 24.8 Å². The number of aromatic nitrogens is 1. The van der Waals surface area contributed by atoms with Crippen LogP contribution in [0.15, 0.2) is 48.8 Å². The van der Waals surface area contributed by atoms with Gasteiger partial charge in [0, 0.05) is 37.2 Å². The highest BCUT2D eigenvalue weighted by Crippen LogP contribution is 2.52.